The standard InChI is InChI=1S/C20H22BrN5O/c1-13-10-18(24-25(13)2)20(27)22-16-4-3-9-26(12-16)19-8-6-14-5-7-15(21)11-17(14)23-19/h5-8,10-11,16H,3-4,9,12H2,1-2H3,(H,22,27). The zero-order valence-electron chi connectivity index (χ0n) is 15.4. The highest BCUT2D eigenvalue weighted by Crippen LogP contribution is 2.24. The predicted molar refractivity (Wildman–Crippen MR) is 110 cm³/mol. The number of pyridine rings is 1. The lowest BCUT2D eigenvalue weighted by atomic mass is 10.1. The topological polar surface area (TPSA) is 63.1 Å². The lowest BCUT2D eigenvalue weighted by Gasteiger charge is -2.34. The van der Waals surface area contributed by atoms with Crippen LogP contribution in [-0.4, -0.2) is 39.8 Å². The second-order valence-corrected chi connectivity index (χ2v) is 7.98. The van der Waals surface area contributed by atoms with E-state index in [1.54, 1.807) is 4.68 Å². The van der Waals surface area contributed by atoms with Crippen LogP contribution >= 0.6 is 15.9 Å². The van der Waals surface area contributed by atoms with Crippen LogP contribution in [0.3, 0.4) is 0 Å². The molecule has 1 aromatic carbocycles. The van der Waals surface area contributed by atoms with Gasteiger partial charge in [0.15, 0.2) is 0 Å². The maximum absolute atomic E-state index is 12.5. The second-order valence-electron chi connectivity index (χ2n) is 7.06. The molecule has 1 N–H and O–H groups in total. The number of rotatable bonds is 3. The number of amides is 1. The Morgan fingerprint density at radius 2 is 2.07 bits per heavy atom. The number of fused-ring (bicyclic) bond motifs is 1. The molecule has 6 nitrogen and oxygen atoms in total. The van der Waals surface area contributed by atoms with E-state index in [2.05, 4.69) is 49.4 Å². The number of hydrogen-bond acceptors (Lipinski definition) is 4. The monoisotopic (exact) mass is 427 g/mol. The minimum Gasteiger partial charge on any atom is -0.355 e. The van der Waals surface area contributed by atoms with Gasteiger partial charge in [-0.25, -0.2) is 4.98 Å². The van der Waals surface area contributed by atoms with Gasteiger partial charge in [-0.3, -0.25) is 9.48 Å². The summed E-state index contributed by atoms with van der Waals surface area (Å²) in [6.07, 6.45) is 1.98. The smallest absolute Gasteiger partial charge is 0.272 e. The fourth-order valence-electron chi connectivity index (χ4n) is 3.49. The van der Waals surface area contributed by atoms with Crippen LogP contribution in [-0.2, 0) is 7.05 Å². The average molecular weight is 428 g/mol. The van der Waals surface area contributed by atoms with Crippen molar-refractivity contribution in [3.05, 3.63) is 52.3 Å². The van der Waals surface area contributed by atoms with Gasteiger partial charge in [0.25, 0.3) is 5.91 Å². The van der Waals surface area contributed by atoms with Crippen molar-refractivity contribution in [1.29, 1.82) is 0 Å². The van der Waals surface area contributed by atoms with E-state index in [1.165, 1.54) is 0 Å². The summed E-state index contributed by atoms with van der Waals surface area (Å²) in [7, 11) is 1.85. The van der Waals surface area contributed by atoms with Gasteiger partial charge in [-0.1, -0.05) is 22.0 Å². The average Bonchev–Trinajstić information content (AvgIpc) is 3.00. The van der Waals surface area contributed by atoms with Crippen molar-refractivity contribution < 1.29 is 4.79 Å². The lowest BCUT2D eigenvalue weighted by molar-refractivity contribution is 0.0927. The summed E-state index contributed by atoms with van der Waals surface area (Å²) in [5.74, 6) is 0.842. The van der Waals surface area contributed by atoms with Crippen molar-refractivity contribution in [2.75, 3.05) is 18.0 Å². The number of piperidine rings is 1. The molecule has 1 unspecified atom stereocenters. The van der Waals surface area contributed by atoms with E-state index in [4.69, 9.17) is 4.98 Å². The second kappa shape index (κ2) is 7.31. The van der Waals surface area contributed by atoms with E-state index in [9.17, 15) is 4.79 Å². The Morgan fingerprint density at radius 1 is 1.26 bits per heavy atom. The highest BCUT2D eigenvalue weighted by Gasteiger charge is 2.24. The number of halogens is 1. The number of carbonyl (C=O) groups excluding carboxylic acids is 1. The first-order chi connectivity index (χ1) is 13.0. The van der Waals surface area contributed by atoms with E-state index >= 15 is 0 Å². The Labute approximate surface area is 166 Å². The molecular formula is C20H22BrN5O. The third-order valence-electron chi connectivity index (χ3n) is 5.07. The van der Waals surface area contributed by atoms with E-state index in [1.807, 2.05) is 32.2 Å². The largest absolute Gasteiger partial charge is 0.355 e. The number of aryl methyl sites for hydroxylation is 2. The summed E-state index contributed by atoms with van der Waals surface area (Å²) in [5.41, 5.74) is 2.41. The van der Waals surface area contributed by atoms with Gasteiger partial charge >= 0.3 is 0 Å². The highest BCUT2D eigenvalue weighted by molar-refractivity contribution is 9.10. The van der Waals surface area contributed by atoms with Gasteiger partial charge < -0.3 is 10.2 Å². The number of carbonyl (C=O) groups is 1. The van der Waals surface area contributed by atoms with Crippen LogP contribution in [0.25, 0.3) is 10.9 Å². The number of nitrogens with zero attached hydrogens (tertiary/aromatic N) is 4. The van der Waals surface area contributed by atoms with Crippen LogP contribution in [0, 0.1) is 6.92 Å². The Bertz CT molecular complexity index is 980. The molecule has 1 atom stereocenters. The van der Waals surface area contributed by atoms with Gasteiger partial charge in [0.1, 0.15) is 11.5 Å². The third kappa shape index (κ3) is 3.83. The first-order valence-corrected chi connectivity index (χ1v) is 9.92. The molecule has 7 heteroatoms. The molecule has 0 spiro atoms. The van der Waals surface area contributed by atoms with Crippen molar-refractivity contribution >= 4 is 38.6 Å². The molecule has 4 rings (SSSR count). The summed E-state index contributed by atoms with van der Waals surface area (Å²) in [6, 6.07) is 12.2. The Hall–Kier alpha value is -2.41. The molecule has 0 saturated carbocycles. The van der Waals surface area contributed by atoms with Gasteiger partial charge in [0.2, 0.25) is 0 Å². The quantitative estimate of drug-likeness (QED) is 0.695. The van der Waals surface area contributed by atoms with Crippen LogP contribution in [0.1, 0.15) is 29.0 Å². The molecule has 1 aliphatic heterocycles. The van der Waals surface area contributed by atoms with E-state index < -0.39 is 0 Å². The normalized spacial score (nSPS) is 17.3. The van der Waals surface area contributed by atoms with Gasteiger partial charge in [-0.15, -0.1) is 0 Å². The maximum atomic E-state index is 12.5. The number of nitrogens with one attached hydrogen (secondary N) is 1. The number of aromatic nitrogens is 3. The van der Waals surface area contributed by atoms with Crippen molar-refractivity contribution in [2.45, 2.75) is 25.8 Å². The predicted octanol–water partition coefficient (Wildman–Crippen LogP) is 3.44. The lowest BCUT2D eigenvalue weighted by Crippen LogP contribution is -2.48. The van der Waals surface area contributed by atoms with Crippen molar-refractivity contribution in [3.8, 4) is 0 Å². The fourth-order valence-corrected chi connectivity index (χ4v) is 3.84. The first-order valence-electron chi connectivity index (χ1n) is 9.12. The first kappa shape index (κ1) is 18.0. The molecule has 0 bridgehead atoms. The molecule has 27 heavy (non-hydrogen) atoms. The summed E-state index contributed by atoms with van der Waals surface area (Å²) in [4.78, 5) is 19.6. The van der Waals surface area contributed by atoms with E-state index in [-0.39, 0.29) is 11.9 Å². The fraction of sp³-hybridized carbons (Fsp3) is 0.350. The van der Waals surface area contributed by atoms with Crippen LogP contribution in [0.15, 0.2) is 40.9 Å². The van der Waals surface area contributed by atoms with Crippen molar-refractivity contribution in [3.63, 3.8) is 0 Å². The molecule has 3 heterocycles. The van der Waals surface area contributed by atoms with Crippen molar-refractivity contribution in [1.82, 2.24) is 20.1 Å². The molecule has 1 saturated heterocycles. The minimum absolute atomic E-state index is 0.0913. The van der Waals surface area contributed by atoms with Crippen LogP contribution in [0.4, 0.5) is 5.82 Å². The van der Waals surface area contributed by atoms with Gasteiger partial charge in [-0.2, -0.15) is 5.10 Å². The minimum atomic E-state index is -0.110. The van der Waals surface area contributed by atoms with Crippen LogP contribution in [0.2, 0.25) is 0 Å². The zero-order valence-corrected chi connectivity index (χ0v) is 17.0. The molecule has 1 fully saturated rings. The molecule has 2 aromatic heterocycles. The van der Waals surface area contributed by atoms with Crippen molar-refractivity contribution in [2.24, 2.45) is 7.05 Å². The van der Waals surface area contributed by atoms with Gasteiger partial charge in [0, 0.05) is 41.7 Å². The Kier molecular flexibility index (Phi) is 4.86. The van der Waals surface area contributed by atoms with E-state index in [0.29, 0.717) is 5.69 Å². The summed E-state index contributed by atoms with van der Waals surface area (Å²) in [5, 5.41) is 8.52. The van der Waals surface area contributed by atoms with Crippen LogP contribution in [0.5, 0.6) is 0 Å². The van der Waals surface area contributed by atoms with E-state index in [0.717, 1.165) is 52.8 Å². The SMILES string of the molecule is Cc1cc(C(=O)NC2CCCN(c3ccc4ccc(Br)cc4n3)C2)nn1C. The maximum Gasteiger partial charge on any atom is 0.272 e. The number of benzene rings is 1. The summed E-state index contributed by atoms with van der Waals surface area (Å²) >= 11 is 3.51. The molecule has 1 aliphatic rings. The Balaban J connectivity index is 1.48. The molecule has 0 radical (unpaired) electrons. The van der Waals surface area contributed by atoms with Crippen LogP contribution < -0.4 is 10.2 Å². The molecule has 140 valence electrons. The third-order valence-corrected chi connectivity index (χ3v) is 5.56. The molecule has 0 aliphatic carbocycles. The number of hydrogen-bond donors (Lipinski definition) is 1. The highest BCUT2D eigenvalue weighted by atomic mass is 79.9. The zero-order chi connectivity index (χ0) is 19.0. The van der Waals surface area contributed by atoms with Gasteiger partial charge in [-0.05, 0) is 50.1 Å². The number of anilines is 1. The summed E-state index contributed by atoms with van der Waals surface area (Å²) < 4.78 is 2.74. The van der Waals surface area contributed by atoms with Gasteiger partial charge in [0.05, 0.1) is 5.52 Å². The summed E-state index contributed by atoms with van der Waals surface area (Å²) in [6.45, 7) is 3.64. The molecule has 1 amide bonds. The molecular weight excluding hydrogens is 406 g/mol. The molecule has 3 aromatic rings. The Morgan fingerprint density at radius 3 is 2.85 bits per heavy atom.